The normalized spacial score (nSPS) is 36.2. The van der Waals surface area contributed by atoms with E-state index in [9.17, 15) is 35.1 Å². The summed E-state index contributed by atoms with van der Waals surface area (Å²) < 4.78 is 37.6. The zero-order valence-electron chi connectivity index (χ0n) is 41.1. The summed E-state index contributed by atoms with van der Waals surface area (Å²) >= 11 is 6.09. The van der Waals surface area contributed by atoms with Crippen molar-refractivity contribution in [2.45, 2.75) is 186 Å². The quantitative estimate of drug-likeness (QED) is 0.0655. The zero-order valence-corrected chi connectivity index (χ0v) is 41.9. The maximum Gasteiger partial charge on any atom is 0.319 e. The number of ether oxygens (including phenoxy) is 6. The molecule has 1 aromatic carbocycles. The summed E-state index contributed by atoms with van der Waals surface area (Å²) in [4.78, 5) is 31.2. The molecule has 0 unspecified atom stereocenters. The largest absolute Gasteiger partial charge is 0.459 e. The fourth-order valence-electron chi connectivity index (χ4n) is 9.27. The zero-order chi connectivity index (χ0) is 49.0. The first-order valence-corrected chi connectivity index (χ1v) is 23.7. The average molecular weight is 948 g/mol. The number of esters is 1. The highest BCUT2D eigenvalue weighted by Gasteiger charge is 2.51. The van der Waals surface area contributed by atoms with Crippen LogP contribution in [-0.4, -0.2) is 179 Å². The number of halogens is 1. The molecule has 0 aliphatic carbocycles. The van der Waals surface area contributed by atoms with Crippen LogP contribution in [0.5, 0.6) is 0 Å². The van der Waals surface area contributed by atoms with Crippen molar-refractivity contribution < 1.29 is 63.5 Å². The Labute approximate surface area is 392 Å². The number of urea groups is 1. The van der Waals surface area contributed by atoms with E-state index < -0.39 is 96.4 Å². The number of anilines is 1. The van der Waals surface area contributed by atoms with Crippen molar-refractivity contribution >= 4 is 29.3 Å². The number of carbonyl (C=O) groups is 2. The molecule has 0 aromatic heterocycles. The Bertz CT molecular complexity index is 1590. The summed E-state index contributed by atoms with van der Waals surface area (Å²) in [7, 11) is 5.28. The van der Waals surface area contributed by atoms with Crippen molar-refractivity contribution in [3.8, 4) is 0 Å². The molecule has 2 aliphatic rings. The number of aliphatic hydroxyl groups is 5. The maximum atomic E-state index is 14.5. The van der Waals surface area contributed by atoms with Crippen molar-refractivity contribution in [2.75, 3.05) is 52.8 Å². The van der Waals surface area contributed by atoms with E-state index in [2.05, 4.69) is 10.6 Å². The highest BCUT2D eigenvalue weighted by Crippen LogP contribution is 2.38. The van der Waals surface area contributed by atoms with E-state index in [0.29, 0.717) is 36.6 Å². The third kappa shape index (κ3) is 16.5. The molecule has 1 aromatic rings. The monoisotopic (exact) mass is 947 g/mol. The van der Waals surface area contributed by atoms with Gasteiger partial charge in [0.05, 0.1) is 48.6 Å². The summed E-state index contributed by atoms with van der Waals surface area (Å²) in [5.41, 5.74) is -3.05. The molecule has 7 N–H and O–H groups in total. The molecule has 2 aliphatic heterocycles. The van der Waals surface area contributed by atoms with Crippen LogP contribution in [0.15, 0.2) is 24.3 Å². The molecule has 3 rings (SSSR count). The van der Waals surface area contributed by atoms with Crippen LogP contribution in [0.1, 0.15) is 101 Å². The second-order valence-corrected chi connectivity index (χ2v) is 19.8. The van der Waals surface area contributed by atoms with Crippen LogP contribution in [0.25, 0.3) is 0 Å². The number of cyclic esters (lactones) is 1. The minimum atomic E-state index is -1.93. The molecule has 2 fully saturated rings. The average Bonchev–Trinajstić information content (AvgIpc) is 3.22. The number of nitrogens with zero attached hydrogens (tertiary/aromatic N) is 2. The first kappa shape index (κ1) is 57.1. The van der Waals surface area contributed by atoms with Crippen molar-refractivity contribution in [2.24, 2.45) is 17.8 Å². The maximum absolute atomic E-state index is 14.5. The summed E-state index contributed by atoms with van der Waals surface area (Å²) in [6, 6.07) is 5.38. The molecular weight excluding hydrogens is 864 g/mol. The van der Waals surface area contributed by atoms with E-state index in [1.165, 1.54) is 14.0 Å². The summed E-state index contributed by atoms with van der Waals surface area (Å²) in [5, 5.41) is 65.2. The number of likely N-dealkylation sites (N-methyl/N-ethyl adjacent to an activating group) is 1. The predicted octanol–water partition coefficient (Wildman–Crippen LogP) is 4.38. The SMILES string of the molecule is CC[C@H]1OC(=O)[C@H](C)[C@@H](O[C@@H](CCOC)O[C@@H](C)[C@@H](C)O)[C@H](C)[C@@H](O[C@@H]2O[C@H](C)C[C@H](N(C)C)[C@H]2O)[C@](C)(O)C[C@@H](C)CN(CCCNC(=O)Nc2cccc(Cl)c2)[C@H](C)[C@@H](O)[C@]1(C)O. The summed E-state index contributed by atoms with van der Waals surface area (Å²) in [5.74, 6) is -2.91. The van der Waals surface area contributed by atoms with Gasteiger partial charge in [-0.05, 0) is 112 Å². The minimum absolute atomic E-state index is 0.138. The smallest absolute Gasteiger partial charge is 0.319 e. The van der Waals surface area contributed by atoms with Crippen LogP contribution >= 0.6 is 11.6 Å². The van der Waals surface area contributed by atoms with Gasteiger partial charge in [-0.1, -0.05) is 38.4 Å². The lowest BCUT2D eigenvalue weighted by Gasteiger charge is -2.47. The molecule has 2 heterocycles. The molecule has 2 amide bonds. The Balaban J connectivity index is 2.11. The fraction of sp³-hybridized carbons (Fsp3) is 0.830. The van der Waals surface area contributed by atoms with Gasteiger partial charge in [0.15, 0.2) is 12.6 Å². The van der Waals surface area contributed by atoms with E-state index in [1.54, 1.807) is 72.7 Å². The van der Waals surface area contributed by atoms with Crippen molar-refractivity contribution in [3.05, 3.63) is 29.3 Å². The molecular formula is C47H83ClN4O13. The van der Waals surface area contributed by atoms with Crippen molar-refractivity contribution in [1.29, 1.82) is 0 Å². The predicted molar refractivity (Wildman–Crippen MR) is 248 cm³/mol. The van der Waals surface area contributed by atoms with Gasteiger partial charge < -0.3 is 69.5 Å². The Morgan fingerprint density at radius 1 is 1.11 bits per heavy atom. The number of nitrogens with one attached hydrogen (secondary N) is 2. The molecule has 0 saturated carbocycles. The molecule has 0 radical (unpaired) electrons. The van der Waals surface area contributed by atoms with Crippen LogP contribution in [0.4, 0.5) is 10.5 Å². The molecule has 65 heavy (non-hydrogen) atoms. The molecule has 376 valence electrons. The third-order valence-corrected chi connectivity index (χ3v) is 13.4. The van der Waals surface area contributed by atoms with Gasteiger partial charge >= 0.3 is 12.0 Å². The number of benzene rings is 1. The number of hydrogen-bond donors (Lipinski definition) is 7. The van der Waals surface area contributed by atoms with Gasteiger partial charge in [0, 0.05) is 61.9 Å². The van der Waals surface area contributed by atoms with Gasteiger partial charge in [0.1, 0.15) is 23.9 Å². The second kappa shape index (κ2) is 25.9. The number of hydrogen-bond acceptors (Lipinski definition) is 15. The van der Waals surface area contributed by atoms with Gasteiger partial charge in [-0.15, -0.1) is 0 Å². The van der Waals surface area contributed by atoms with E-state index in [4.69, 9.17) is 40.0 Å². The lowest BCUT2D eigenvalue weighted by molar-refractivity contribution is -0.306. The van der Waals surface area contributed by atoms with E-state index in [-0.39, 0.29) is 50.5 Å². The Morgan fingerprint density at radius 3 is 2.38 bits per heavy atom. The third-order valence-electron chi connectivity index (χ3n) is 13.2. The standard InChI is InChI=1S/C47H83ClN4O13/c1-14-37-47(10,59)41(55)31(6)52(21-16-20-49-45(57)50-35-18-15-17-34(48)24-35)26-27(2)25-46(9,58)42(65-44-39(54)36(51(11)12)23-28(3)61-44)29(4)40(30(5)43(56)63-37)64-38(19-22-60-13)62-33(8)32(7)53/h15,17-18,24,27-33,36-42,44,53-55,58-59H,14,16,19-23,25-26H2,1-13H3,(H2,49,50,57)/t27-,28-,29+,30-,31-,32-,33+,36+,37-,38+,39-,40+,41-,42-,44+,46-,47-/m1/s1. The number of aliphatic hydroxyl groups excluding tert-OH is 3. The Hall–Kier alpha value is -2.23. The molecule has 0 bridgehead atoms. The van der Waals surface area contributed by atoms with Gasteiger partial charge in [0.2, 0.25) is 0 Å². The highest BCUT2D eigenvalue weighted by atomic mass is 35.5. The molecule has 18 heteroatoms. The van der Waals surface area contributed by atoms with Crippen LogP contribution in [-0.2, 0) is 33.2 Å². The van der Waals surface area contributed by atoms with Crippen LogP contribution < -0.4 is 10.6 Å². The van der Waals surface area contributed by atoms with Gasteiger partial charge in [-0.25, -0.2) is 4.79 Å². The molecule has 2 saturated heterocycles. The lowest BCUT2D eigenvalue weighted by Crippen LogP contribution is -2.59. The molecule has 17 atom stereocenters. The molecule has 17 nitrogen and oxygen atoms in total. The van der Waals surface area contributed by atoms with Gasteiger partial charge in [-0.3, -0.25) is 9.69 Å². The Kier molecular flexibility index (Phi) is 22.8. The summed E-state index contributed by atoms with van der Waals surface area (Å²) in [6.45, 7) is 18.4. The van der Waals surface area contributed by atoms with Gasteiger partial charge in [0.25, 0.3) is 0 Å². The van der Waals surface area contributed by atoms with E-state index in [0.717, 1.165) is 0 Å². The van der Waals surface area contributed by atoms with Crippen molar-refractivity contribution in [1.82, 2.24) is 15.1 Å². The molecule has 0 spiro atoms. The first-order valence-electron chi connectivity index (χ1n) is 23.3. The number of rotatable bonds is 17. The highest BCUT2D eigenvalue weighted by molar-refractivity contribution is 6.30. The Morgan fingerprint density at radius 2 is 1.78 bits per heavy atom. The number of carbonyl (C=O) groups excluding carboxylic acids is 2. The lowest BCUT2D eigenvalue weighted by atomic mass is 9.77. The summed E-state index contributed by atoms with van der Waals surface area (Å²) in [6.07, 6.45) is -8.38. The van der Waals surface area contributed by atoms with Crippen LogP contribution in [0.2, 0.25) is 5.02 Å². The number of amides is 2. The number of methoxy groups -OCH3 is 1. The van der Waals surface area contributed by atoms with Crippen LogP contribution in [0.3, 0.4) is 0 Å². The van der Waals surface area contributed by atoms with E-state index >= 15 is 0 Å². The fourth-order valence-corrected chi connectivity index (χ4v) is 9.46. The van der Waals surface area contributed by atoms with E-state index in [1.807, 2.05) is 37.7 Å². The minimum Gasteiger partial charge on any atom is -0.459 e. The van der Waals surface area contributed by atoms with Crippen molar-refractivity contribution in [3.63, 3.8) is 0 Å². The first-order chi connectivity index (χ1) is 30.3. The van der Waals surface area contributed by atoms with Crippen LogP contribution in [0, 0.1) is 17.8 Å². The van der Waals surface area contributed by atoms with Gasteiger partial charge in [-0.2, -0.15) is 0 Å². The topological polar surface area (TPSA) is 221 Å². The second-order valence-electron chi connectivity index (χ2n) is 19.3.